The molecule has 0 aliphatic carbocycles. The van der Waals surface area contributed by atoms with E-state index in [0.717, 1.165) is 37.3 Å². The normalized spacial score (nSPS) is 17.0. The molecule has 1 N–H and O–H groups in total. The molecule has 5 heteroatoms. The first kappa shape index (κ1) is 13.7. The van der Waals surface area contributed by atoms with Crippen molar-refractivity contribution in [1.29, 1.82) is 0 Å². The lowest BCUT2D eigenvalue weighted by Crippen LogP contribution is -2.21. The molecule has 0 radical (unpaired) electrons. The van der Waals surface area contributed by atoms with Crippen molar-refractivity contribution in [3.63, 3.8) is 0 Å². The van der Waals surface area contributed by atoms with E-state index in [1.54, 1.807) is 7.11 Å². The summed E-state index contributed by atoms with van der Waals surface area (Å²) in [6, 6.07) is 0. The lowest BCUT2D eigenvalue weighted by Gasteiger charge is -2.22. The average molecular weight is 269 g/mol. The molecule has 1 fully saturated rings. The third kappa shape index (κ3) is 3.92. The van der Waals surface area contributed by atoms with Crippen molar-refractivity contribution < 1.29 is 4.74 Å². The second-order valence-corrected chi connectivity index (χ2v) is 6.05. The van der Waals surface area contributed by atoms with Crippen molar-refractivity contribution in [3.8, 4) is 0 Å². The van der Waals surface area contributed by atoms with E-state index in [4.69, 9.17) is 4.74 Å². The molecule has 1 aromatic heterocycles. The lowest BCUT2D eigenvalue weighted by atomic mass is 10.0. The molecule has 1 saturated heterocycles. The van der Waals surface area contributed by atoms with Gasteiger partial charge in [0.2, 0.25) is 5.95 Å². The summed E-state index contributed by atoms with van der Waals surface area (Å²) < 4.78 is 7.27. The SMILES string of the molecule is COCCn1cc(C)nc1NCC1CCSCC1. The van der Waals surface area contributed by atoms with Gasteiger partial charge in [0.25, 0.3) is 0 Å². The maximum atomic E-state index is 5.13. The Hall–Kier alpha value is -0.680. The molecule has 1 aliphatic rings. The van der Waals surface area contributed by atoms with Crippen molar-refractivity contribution in [1.82, 2.24) is 9.55 Å². The highest BCUT2D eigenvalue weighted by Crippen LogP contribution is 2.23. The highest BCUT2D eigenvalue weighted by molar-refractivity contribution is 7.99. The molecule has 0 bridgehead atoms. The van der Waals surface area contributed by atoms with Gasteiger partial charge in [-0.3, -0.25) is 0 Å². The van der Waals surface area contributed by atoms with Crippen LogP contribution >= 0.6 is 11.8 Å². The summed E-state index contributed by atoms with van der Waals surface area (Å²) in [4.78, 5) is 4.54. The highest BCUT2D eigenvalue weighted by Gasteiger charge is 2.14. The average Bonchev–Trinajstić information content (AvgIpc) is 2.75. The first-order valence-electron chi connectivity index (χ1n) is 6.64. The molecule has 1 aliphatic heterocycles. The van der Waals surface area contributed by atoms with Crippen molar-refractivity contribution in [3.05, 3.63) is 11.9 Å². The third-order valence-electron chi connectivity index (χ3n) is 3.32. The Labute approximate surface area is 114 Å². The third-order valence-corrected chi connectivity index (χ3v) is 4.37. The molecule has 0 saturated carbocycles. The van der Waals surface area contributed by atoms with Gasteiger partial charge in [-0.05, 0) is 37.2 Å². The molecule has 4 nitrogen and oxygen atoms in total. The minimum Gasteiger partial charge on any atom is -0.383 e. The maximum absolute atomic E-state index is 5.13. The summed E-state index contributed by atoms with van der Waals surface area (Å²) in [5.41, 5.74) is 1.06. The molecule has 102 valence electrons. The van der Waals surface area contributed by atoms with Crippen LogP contribution in [-0.2, 0) is 11.3 Å². The van der Waals surface area contributed by atoms with Crippen LogP contribution in [0.2, 0.25) is 0 Å². The van der Waals surface area contributed by atoms with Crippen LogP contribution in [0.1, 0.15) is 18.5 Å². The molecule has 0 unspecified atom stereocenters. The van der Waals surface area contributed by atoms with Gasteiger partial charge in [0.15, 0.2) is 0 Å². The first-order chi connectivity index (χ1) is 8.79. The van der Waals surface area contributed by atoms with E-state index in [-0.39, 0.29) is 0 Å². The predicted molar refractivity (Wildman–Crippen MR) is 77.4 cm³/mol. The van der Waals surface area contributed by atoms with Gasteiger partial charge in [-0.25, -0.2) is 4.98 Å². The summed E-state index contributed by atoms with van der Waals surface area (Å²) in [6.45, 7) is 4.67. The minimum atomic E-state index is 0.727. The molecule has 0 atom stereocenters. The van der Waals surface area contributed by atoms with Gasteiger partial charge in [-0.2, -0.15) is 11.8 Å². The van der Waals surface area contributed by atoms with E-state index in [1.807, 2.05) is 6.92 Å². The highest BCUT2D eigenvalue weighted by atomic mass is 32.2. The number of ether oxygens (including phenoxy) is 1. The number of thioether (sulfide) groups is 1. The van der Waals surface area contributed by atoms with Crippen LogP contribution in [0.4, 0.5) is 5.95 Å². The fourth-order valence-electron chi connectivity index (χ4n) is 2.23. The molecule has 0 amide bonds. The Kier molecular flexibility index (Phi) is 5.38. The summed E-state index contributed by atoms with van der Waals surface area (Å²) >= 11 is 2.07. The number of aromatic nitrogens is 2. The number of imidazole rings is 1. The Morgan fingerprint density at radius 2 is 2.28 bits per heavy atom. The molecular formula is C13H23N3OS. The van der Waals surface area contributed by atoms with E-state index < -0.39 is 0 Å². The van der Waals surface area contributed by atoms with Crippen LogP contribution in [0.5, 0.6) is 0 Å². The van der Waals surface area contributed by atoms with E-state index in [2.05, 4.69) is 32.8 Å². The molecular weight excluding hydrogens is 246 g/mol. The van der Waals surface area contributed by atoms with Crippen molar-refractivity contribution >= 4 is 17.7 Å². The van der Waals surface area contributed by atoms with Crippen LogP contribution in [0.3, 0.4) is 0 Å². The summed E-state index contributed by atoms with van der Waals surface area (Å²) in [5.74, 6) is 4.41. The Bertz CT molecular complexity index is 361. The minimum absolute atomic E-state index is 0.727. The van der Waals surface area contributed by atoms with Crippen LogP contribution < -0.4 is 5.32 Å². The topological polar surface area (TPSA) is 39.1 Å². The number of nitrogens with one attached hydrogen (secondary N) is 1. The van der Waals surface area contributed by atoms with E-state index in [1.165, 1.54) is 24.3 Å². The summed E-state index contributed by atoms with van der Waals surface area (Å²) in [6.07, 6.45) is 4.74. The van der Waals surface area contributed by atoms with Gasteiger partial charge in [0.1, 0.15) is 0 Å². The zero-order chi connectivity index (χ0) is 12.8. The molecule has 1 aromatic rings. The van der Waals surface area contributed by atoms with Gasteiger partial charge in [0.05, 0.1) is 12.3 Å². The number of aryl methyl sites for hydroxylation is 1. The van der Waals surface area contributed by atoms with Crippen LogP contribution in [-0.4, -0.2) is 41.3 Å². The van der Waals surface area contributed by atoms with Crippen molar-refractivity contribution in [2.75, 3.05) is 37.1 Å². The maximum Gasteiger partial charge on any atom is 0.203 e. The van der Waals surface area contributed by atoms with Crippen LogP contribution in [0.15, 0.2) is 6.20 Å². The summed E-state index contributed by atoms with van der Waals surface area (Å²) in [7, 11) is 1.73. The standard InChI is InChI=1S/C13H23N3OS/c1-11-10-16(5-6-17-2)13(15-11)14-9-12-3-7-18-8-4-12/h10,12H,3-9H2,1-2H3,(H,14,15). The Morgan fingerprint density at radius 3 is 3.00 bits per heavy atom. The Balaban J connectivity index is 1.86. The number of anilines is 1. The monoisotopic (exact) mass is 269 g/mol. The second-order valence-electron chi connectivity index (χ2n) is 4.83. The fraction of sp³-hybridized carbons (Fsp3) is 0.769. The van der Waals surface area contributed by atoms with Gasteiger partial charge in [0, 0.05) is 26.4 Å². The van der Waals surface area contributed by atoms with Gasteiger partial charge >= 0.3 is 0 Å². The van der Waals surface area contributed by atoms with Gasteiger partial charge in [-0.15, -0.1) is 0 Å². The first-order valence-corrected chi connectivity index (χ1v) is 7.79. The van der Waals surface area contributed by atoms with E-state index >= 15 is 0 Å². The Morgan fingerprint density at radius 1 is 1.50 bits per heavy atom. The predicted octanol–water partition coefficient (Wildman–Crippen LogP) is 2.39. The number of nitrogens with zero attached hydrogens (tertiary/aromatic N) is 2. The smallest absolute Gasteiger partial charge is 0.203 e. The number of hydrogen-bond donors (Lipinski definition) is 1. The zero-order valence-corrected chi connectivity index (χ0v) is 12.1. The van der Waals surface area contributed by atoms with Gasteiger partial charge in [-0.1, -0.05) is 0 Å². The van der Waals surface area contributed by atoms with E-state index in [0.29, 0.717) is 0 Å². The molecule has 0 aromatic carbocycles. The number of hydrogen-bond acceptors (Lipinski definition) is 4. The quantitative estimate of drug-likeness (QED) is 0.860. The van der Waals surface area contributed by atoms with Gasteiger partial charge < -0.3 is 14.6 Å². The van der Waals surface area contributed by atoms with Crippen LogP contribution in [0, 0.1) is 12.8 Å². The zero-order valence-electron chi connectivity index (χ0n) is 11.3. The molecule has 0 spiro atoms. The number of rotatable bonds is 6. The lowest BCUT2D eigenvalue weighted by molar-refractivity contribution is 0.187. The molecule has 18 heavy (non-hydrogen) atoms. The fourth-order valence-corrected chi connectivity index (χ4v) is 3.44. The largest absolute Gasteiger partial charge is 0.383 e. The number of methoxy groups -OCH3 is 1. The van der Waals surface area contributed by atoms with E-state index in [9.17, 15) is 0 Å². The molecule has 2 heterocycles. The second kappa shape index (κ2) is 7.04. The van der Waals surface area contributed by atoms with Crippen molar-refractivity contribution in [2.45, 2.75) is 26.3 Å². The van der Waals surface area contributed by atoms with Crippen molar-refractivity contribution in [2.24, 2.45) is 5.92 Å². The van der Waals surface area contributed by atoms with Crippen LogP contribution in [0.25, 0.3) is 0 Å². The molecule has 2 rings (SSSR count). The summed E-state index contributed by atoms with van der Waals surface area (Å²) in [5, 5.41) is 3.50.